The minimum Gasteiger partial charge on any atom is -0.481 e. The third-order valence-electron chi connectivity index (χ3n) is 6.08. The lowest BCUT2D eigenvalue weighted by atomic mass is 9.92. The number of carbonyl (C=O) groups is 2. The molecule has 7 nitrogen and oxygen atoms in total. The molecule has 1 aromatic heterocycles. The van der Waals surface area contributed by atoms with Gasteiger partial charge in [-0.05, 0) is 37.8 Å². The summed E-state index contributed by atoms with van der Waals surface area (Å²) in [6.07, 6.45) is 5.78. The second-order valence-corrected chi connectivity index (χ2v) is 7.92. The smallest absolute Gasteiger partial charge is 0.308 e. The molecule has 2 fully saturated rings. The predicted octanol–water partition coefficient (Wildman–Crippen LogP) is 3.19. The Balaban J connectivity index is 1.35. The molecule has 0 spiro atoms. The molecule has 1 aliphatic heterocycles. The fourth-order valence-corrected chi connectivity index (χ4v) is 4.40. The molecule has 1 aliphatic carbocycles. The van der Waals surface area contributed by atoms with Gasteiger partial charge in [-0.1, -0.05) is 31.4 Å². The molecule has 7 heteroatoms. The monoisotopic (exact) mass is 385 g/mol. The van der Waals surface area contributed by atoms with Crippen LogP contribution in [0.25, 0.3) is 11.1 Å². The molecule has 1 amide bonds. The van der Waals surface area contributed by atoms with E-state index in [9.17, 15) is 14.7 Å². The number of nitrogens with zero attached hydrogens (tertiary/aromatic N) is 2. The summed E-state index contributed by atoms with van der Waals surface area (Å²) in [7, 11) is 0. The van der Waals surface area contributed by atoms with E-state index < -0.39 is 11.9 Å². The van der Waals surface area contributed by atoms with Crippen molar-refractivity contribution < 1.29 is 19.1 Å². The number of nitrogens with one attached hydrogen (secondary N) is 1. The molecule has 2 aliphatic rings. The molecule has 2 atom stereocenters. The normalized spacial score (nSPS) is 24.1. The van der Waals surface area contributed by atoms with Crippen LogP contribution in [0.1, 0.15) is 44.9 Å². The molecule has 0 bridgehead atoms. The zero-order valence-electron chi connectivity index (χ0n) is 16.0. The molecule has 1 saturated heterocycles. The van der Waals surface area contributed by atoms with E-state index in [1.54, 1.807) is 0 Å². The number of carboxylic acids is 1. The average Bonchev–Trinajstić information content (AvgIpc) is 3.00. The minimum absolute atomic E-state index is 0.00429. The van der Waals surface area contributed by atoms with Crippen LogP contribution in [-0.4, -0.2) is 41.1 Å². The summed E-state index contributed by atoms with van der Waals surface area (Å²) < 4.78 is 5.83. The highest BCUT2D eigenvalue weighted by Crippen LogP contribution is 2.28. The lowest BCUT2D eigenvalue weighted by molar-refractivity contribution is -0.143. The van der Waals surface area contributed by atoms with E-state index in [2.05, 4.69) is 15.2 Å². The van der Waals surface area contributed by atoms with Gasteiger partial charge >= 0.3 is 5.97 Å². The Kier molecular flexibility index (Phi) is 5.50. The maximum atomic E-state index is 12.8. The highest BCUT2D eigenvalue weighted by molar-refractivity contribution is 5.80. The van der Waals surface area contributed by atoms with Gasteiger partial charge in [0, 0.05) is 25.0 Å². The Morgan fingerprint density at radius 2 is 1.82 bits per heavy atom. The van der Waals surface area contributed by atoms with Crippen LogP contribution in [0.3, 0.4) is 0 Å². The van der Waals surface area contributed by atoms with Gasteiger partial charge in [0.25, 0.3) is 6.01 Å². The van der Waals surface area contributed by atoms with E-state index in [-0.39, 0.29) is 17.9 Å². The standard InChI is InChI=1S/C21H27N3O4/c25-19(22-16-7-3-1-2-6-15(16)20(26)27)14-10-12-24(13-11-14)21-23-17-8-4-5-9-18(17)28-21/h4-5,8-9,14-16H,1-3,6-7,10-13H2,(H,22,25)(H,26,27)/t15-,16+/m1/s1. The fourth-order valence-electron chi connectivity index (χ4n) is 4.40. The second kappa shape index (κ2) is 8.20. The van der Waals surface area contributed by atoms with Crippen LogP contribution < -0.4 is 10.2 Å². The number of para-hydroxylation sites is 2. The summed E-state index contributed by atoms with van der Waals surface area (Å²) >= 11 is 0. The molecule has 0 radical (unpaired) electrons. The summed E-state index contributed by atoms with van der Waals surface area (Å²) in [5, 5.41) is 12.6. The highest BCUT2D eigenvalue weighted by Gasteiger charge is 2.33. The summed E-state index contributed by atoms with van der Waals surface area (Å²) in [5.74, 6) is -1.35. The van der Waals surface area contributed by atoms with Gasteiger partial charge in [-0.3, -0.25) is 9.59 Å². The van der Waals surface area contributed by atoms with Crippen molar-refractivity contribution in [1.82, 2.24) is 10.3 Å². The second-order valence-electron chi connectivity index (χ2n) is 7.92. The lowest BCUT2D eigenvalue weighted by Crippen LogP contribution is -2.47. The zero-order chi connectivity index (χ0) is 19.5. The number of rotatable bonds is 4. The SMILES string of the molecule is O=C(N[C@H]1CCCCC[C@H]1C(=O)O)C1CCN(c2nc3ccccc3o2)CC1. The van der Waals surface area contributed by atoms with E-state index >= 15 is 0 Å². The Morgan fingerprint density at radius 3 is 2.57 bits per heavy atom. The average molecular weight is 385 g/mol. The Hall–Kier alpha value is -2.57. The fraction of sp³-hybridized carbons (Fsp3) is 0.571. The van der Waals surface area contributed by atoms with Crippen LogP contribution in [0.2, 0.25) is 0 Å². The van der Waals surface area contributed by atoms with Crippen molar-refractivity contribution in [2.24, 2.45) is 11.8 Å². The maximum Gasteiger partial charge on any atom is 0.308 e. The van der Waals surface area contributed by atoms with Crippen molar-refractivity contribution in [3.05, 3.63) is 24.3 Å². The third kappa shape index (κ3) is 3.98. The Labute approximate surface area is 164 Å². The molecule has 2 aromatic rings. The molecular formula is C21H27N3O4. The number of aliphatic carboxylic acids is 1. The molecule has 2 N–H and O–H groups in total. The topological polar surface area (TPSA) is 95.7 Å². The van der Waals surface area contributed by atoms with E-state index in [1.807, 2.05) is 24.3 Å². The van der Waals surface area contributed by atoms with Gasteiger partial charge in [-0.25, -0.2) is 0 Å². The first-order valence-corrected chi connectivity index (χ1v) is 10.3. The quantitative estimate of drug-likeness (QED) is 0.785. The molecule has 28 heavy (non-hydrogen) atoms. The van der Waals surface area contributed by atoms with Crippen LogP contribution in [0, 0.1) is 11.8 Å². The number of benzene rings is 1. The first-order valence-electron chi connectivity index (χ1n) is 10.3. The zero-order valence-corrected chi connectivity index (χ0v) is 16.0. The van der Waals surface area contributed by atoms with E-state index in [1.165, 1.54) is 0 Å². The van der Waals surface area contributed by atoms with Crippen molar-refractivity contribution in [1.29, 1.82) is 0 Å². The Bertz CT molecular complexity index is 808. The van der Waals surface area contributed by atoms with Gasteiger partial charge in [0.1, 0.15) is 5.52 Å². The number of carbonyl (C=O) groups excluding carboxylic acids is 1. The van der Waals surface area contributed by atoms with Gasteiger partial charge in [-0.15, -0.1) is 0 Å². The maximum absolute atomic E-state index is 12.8. The van der Waals surface area contributed by atoms with E-state index in [0.717, 1.165) is 49.6 Å². The van der Waals surface area contributed by atoms with Gasteiger partial charge < -0.3 is 19.7 Å². The lowest BCUT2D eigenvalue weighted by Gasteiger charge is -2.32. The highest BCUT2D eigenvalue weighted by atomic mass is 16.4. The molecule has 150 valence electrons. The number of carboxylic acid groups (broad SMARTS) is 1. The number of hydrogen-bond acceptors (Lipinski definition) is 5. The number of anilines is 1. The van der Waals surface area contributed by atoms with Crippen molar-refractivity contribution in [2.75, 3.05) is 18.0 Å². The molecule has 2 heterocycles. The van der Waals surface area contributed by atoms with E-state index in [0.29, 0.717) is 25.5 Å². The van der Waals surface area contributed by atoms with Crippen LogP contribution in [0.4, 0.5) is 6.01 Å². The number of piperidine rings is 1. The van der Waals surface area contributed by atoms with Gasteiger partial charge in [0.2, 0.25) is 5.91 Å². The molecule has 4 rings (SSSR count). The number of oxazole rings is 1. The Morgan fingerprint density at radius 1 is 1.07 bits per heavy atom. The van der Waals surface area contributed by atoms with Crippen molar-refractivity contribution in [3.63, 3.8) is 0 Å². The van der Waals surface area contributed by atoms with Crippen molar-refractivity contribution in [3.8, 4) is 0 Å². The summed E-state index contributed by atoms with van der Waals surface area (Å²) in [6, 6.07) is 8.04. The van der Waals surface area contributed by atoms with E-state index in [4.69, 9.17) is 4.42 Å². The van der Waals surface area contributed by atoms with Gasteiger partial charge in [0.15, 0.2) is 5.58 Å². The first-order chi connectivity index (χ1) is 13.6. The summed E-state index contributed by atoms with van der Waals surface area (Å²) in [4.78, 5) is 31.0. The largest absolute Gasteiger partial charge is 0.481 e. The van der Waals surface area contributed by atoms with Gasteiger partial charge in [0.05, 0.1) is 5.92 Å². The van der Waals surface area contributed by atoms with Crippen molar-refractivity contribution >= 4 is 29.0 Å². The number of amides is 1. The first kappa shape index (κ1) is 18.8. The number of hydrogen-bond donors (Lipinski definition) is 2. The number of aromatic nitrogens is 1. The van der Waals surface area contributed by atoms with Crippen LogP contribution >= 0.6 is 0 Å². The summed E-state index contributed by atoms with van der Waals surface area (Å²) in [6.45, 7) is 1.41. The molecule has 0 unspecified atom stereocenters. The summed E-state index contributed by atoms with van der Waals surface area (Å²) in [5.41, 5.74) is 1.61. The molecule has 1 aromatic carbocycles. The van der Waals surface area contributed by atoms with Crippen LogP contribution in [-0.2, 0) is 9.59 Å². The number of fused-ring (bicyclic) bond motifs is 1. The molecular weight excluding hydrogens is 358 g/mol. The van der Waals surface area contributed by atoms with Gasteiger partial charge in [-0.2, -0.15) is 4.98 Å². The minimum atomic E-state index is -0.794. The predicted molar refractivity (Wildman–Crippen MR) is 105 cm³/mol. The van der Waals surface area contributed by atoms with Crippen molar-refractivity contribution in [2.45, 2.75) is 51.0 Å². The third-order valence-corrected chi connectivity index (χ3v) is 6.08. The van der Waals surface area contributed by atoms with Crippen LogP contribution in [0.5, 0.6) is 0 Å². The molecule has 1 saturated carbocycles. The van der Waals surface area contributed by atoms with Crippen LogP contribution in [0.15, 0.2) is 28.7 Å².